The van der Waals surface area contributed by atoms with Gasteiger partial charge in [-0.2, -0.15) is 0 Å². The fourth-order valence-electron chi connectivity index (χ4n) is 2.39. The molecule has 2 rings (SSSR count). The third-order valence-corrected chi connectivity index (χ3v) is 5.66. The van der Waals surface area contributed by atoms with E-state index in [0.717, 1.165) is 4.31 Å². The summed E-state index contributed by atoms with van der Waals surface area (Å²) in [5, 5.41) is 0. The number of carbonyl (C=O) groups excluding carboxylic acids is 1. The summed E-state index contributed by atoms with van der Waals surface area (Å²) in [4.78, 5) is 13.8. The summed E-state index contributed by atoms with van der Waals surface area (Å²) in [6.45, 7) is -0.122. The van der Waals surface area contributed by atoms with E-state index in [9.17, 15) is 26.4 Å². The molecule has 0 aliphatic heterocycles. The van der Waals surface area contributed by atoms with E-state index in [1.165, 1.54) is 74.6 Å². The maximum atomic E-state index is 12.5. The fourth-order valence-corrected chi connectivity index (χ4v) is 3.29. The van der Waals surface area contributed by atoms with Crippen molar-refractivity contribution in [3.05, 3.63) is 59.7 Å². The number of sulfonamides is 1. The van der Waals surface area contributed by atoms with Crippen LogP contribution in [0.25, 0.3) is 0 Å². The van der Waals surface area contributed by atoms with Crippen molar-refractivity contribution < 1.29 is 31.1 Å². The van der Waals surface area contributed by atoms with Crippen molar-refractivity contribution in [3.8, 4) is 5.75 Å². The SMILES string of the molecule is CN(Cc1ccccc1OC(F)(F)F)C(=O)c1ccc(S(=O)(=O)N(C)C)cc1. The van der Waals surface area contributed by atoms with Gasteiger partial charge in [0.05, 0.1) is 4.90 Å². The van der Waals surface area contributed by atoms with E-state index in [1.807, 2.05) is 0 Å². The molecule has 0 saturated carbocycles. The van der Waals surface area contributed by atoms with Gasteiger partial charge >= 0.3 is 6.36 Å². The third kappa shape index (κ3) is 5.23. The number of amides is 1. The van der Waals surface area contributed by atoms with Gasteiger partial charge in [-0.25, -0.2) is 12.7 Å². The molecule has 0 aromatic heterocycles. The van der Waals surface area contributed by atoms with E-state index in [2.05, 4.69) is 4.74 Å². The van der Waals surface area contributed by atoms with E-state index < -0.39 is 22.3 Å². The zero-order chi connectivity index (χ0) is 21.1. The Balaban J connectivity index is 2.18. The first-order valence-corrected chi connectivity index (χ1v) is 9.47. The van der Waals surface area contributed by atoms with Crippen LogP contribution < -0.4 is 4.74 Å². The molecule has 0 spiro atoms. The van der Waals surface area contributed by atoms with E-state index >= 15 is 0 Å². The summed E-state index contributed by atoms with van der Waals surface area (Å²) in [5.41, 5.74) is 0.386. The second-order valence-electron chi connectivity index (χ2n) is 6.13. The minimum Gasteiger partial charge on any atom is -0.405 e. The van der Waals surface area contributed by atoms with Crippen molar-refractivity contribution in [1.29, 1.82) is 0 Å². The van der Waals surface area contributed by atoms with Gasteiger partial charge in [0, 0.05) is 38.8 Å². The van der Waals surface area contributed by atoms with Crippen LogP contribution >= 0.6 is 0 Å². The molecule has 0 aliphatic carbocycles. The quantitative estimate of drug-likeness (QED) is 0.726. The van der Waals surface area contributed by atoms with Crippen molar-refractivity contribution in [1.82, 2.24) is 9.21 Å². The highest BCUT2D eigenvalue weighted by Gasteiger charge is 2.32. The highest BCUT2D eigenvalue weighted by molar-refractivity contribution is 7.89. The summed E-state index contributed by atoms with van der Waals surface area (Å²) < 4.78 is 66.7. The number of rotatable bonds is 6. The monoisotopic (exact) mass is 416 g/mol. The first-order valence-electron chi connectivity index (χ1n) is 8.03. The number of para-hydroxylation sites is 1. The van der Waals surface area contributed by atoms with Crippen LogP contribution in [0.5, 0.6) is 5.75 Å². The average Bonchev–Trinajstić information content (AvgIpc) is 2.61. The summed E-state index contributed by atoms with van der Waals surface area (Å²) in [7, 11) is 0.585. The van der Waals surface area contributed by atoms with Gasteiger partial charge in [-0.05, 0) is 30.3 Å². The minimum atomic E-state index is -4.84. The number of ether oxygens (including phenoxy) is 1. The second-order valence-corrected chi connectivity index (χ2v) is 8.28. The van der Waals surface area contributed by atoms with Crippen LogP contribution in [-0.4, -0.2) is 51.0 Å². The number of nitrogens with zero attached hydrogens (tertiary/aromatic N) is 2. The van der Waals surface area contributed by atoms with Gasteiger partial charge in [-0.1, -0.05) is 18.2 Å². The molecule has 0 fully saturated rings. The molecular weight excluding hydrogens is 397 g/mol. The lowest BCUT2D eigenvalue weighted by Crippen LogP contribution is -2.27. The van der Waals surface area contributed by atoms with E-state index in [0.29, 0.717) is 0 Å². The standard InChI is InChI=1S/C18H19F3N2O4S/c1-22(2)28(25,26)15-10-8-13(9-11-15)17(24)23(3)12-14-6-4-5-7-16(14)27-18(19,20)21/h4-11H,12H2,1-3H3. The molecule has 2 aromatic rings. The first kappa shape index (κ1) is 21.7. The predicted octanol–water partition coefficient (Wildman–Crippen LogP) is 3.11. The van der Waals surface area contributed by atoms with Crippen LogP contribution in [0, 0.1) is 0 Å². The molecule has 0 saturated heterocycles. The Morgan fingerprint density at radius 1 is 1.00 bits per heavy atom. The summed E-state index contributed by atoms with van der Waals surface area (Å²) in [5.74, 6) is -0.863. The number of hydrogen-bond donors (Lipinski definition) is 0. The van der Waals surface area contributed by atoms with Crippen LogP contribution in [0.1, 0.15) is 15.9 Å². The molecule has 152 valence electrons. The highest BCUT2D eigenvalue weighted by atomic mass is 32.2. The van der Waals surface area contributed by atoms with Crippen molar-refractivity contribution in [3.63, 3.8) is 0 Å². The minimum absolute atomic E-state index is 0.0284. The maximum absolute atomic E-state index is 12.5. The van der Waals surface area contributed by atoms with Gasteiger partial charge in [0.15, 0.2) is 0 Å². The summed E-state index contributed by atoms with van der Waals surface area (Å²) in [6, 6.07) is 10.8. The molecule has 1 amide bonds. The predicted molar refractivity (Wildman–Crippen MR) is 96.2 cm³/mol. The van der Waals surface area contributed by atoms with Crippen molar-refractivity contribution >= 4 is 15.9 Å². The van der Waals surface area contributed by atoms with Gasteiger partial charge in [0.2, 0.25) is 10.0 Å². The fraction of sp³-hybridized carbons (Fsp3) is 0.278. The van der Waals surface area contributed by atoms with Crippen molar-refractivity contribution in [2.24, 2.45) is 0 Å². The van der Waals surface area contributed by atoms with Crippen molar-refractivity contribution in [2.75, 3.05) is 21.1 Å². The van der Waals surface area contributed by atoms with E-state index in [4.69, 9.17) is 0 Å². The third-order valence-electron chi connectivity index (χ3n) is 3.83. The van der Waals surface area contributed by atoms with Gasteiger partial charge < -0.3 is 9.64 Å². The molecule has 0 radical (unpaired) electrons. The lowest BCUT2D eigenvalue weighted by Gasteiger charge is -2.20. The van der Waals surface area contributed by atoms with Crippen LogP contribution in [0.3, 0.4) is 0 Å². The second kappa shape index (κ2) is 8.19. The lowest BCUT2D eigenvalue weighted by molar-refractivity contribution is -0.275. The molecule has 0 heterocycles. The molecule has 2 aromatic carbocycles. The van der Waals surface area contributed by atoms with Crippen LogP contribution in [-0.2, 0) is 16.6 Å². The van der Waals surface area contributed by atoms with Gasteiger partial charge in [-0.3, -0.25) is 4.79 Å². The molecule has 0 bridgehead atoms. The van der Waals surface area contributed by atoms with Crippen molar-refractivity contribution in [2.45, 2.75) is 17.8 Å². The molecule has 0 aliphatic rings. The highest BCUT2D eigenvalue weighted by Crippen LogP contribution is 2.27. The zero-order valence-corrected chi connectivity index (χ0v) is 16.2. The Morgan fingerprint density at radius 3 is 2.11 bits per heavy atom. The normalized spacial score (nSPS) is 12.1. The Kier molecular flexibility index (Phi) is 6.35. The summed E-state index contributed by atoms with van der Waals surface area (Å²) in [6.07, 6.45) is -4.84. The Morgan fingerprint density at radius 2 is 1.57 bits per heavy atom. The largest absolute Gasteiger partial charge is 0.573 e. The molecule has 10 heteroatoms. The Labute approximate surface area is 161 Å². The molecule has 0 N–H and O–H groups in total. The molecule has 6 nitrogen and oxygen atoms in total. The molecular formula is C18H19F3N2O4S. The first-order chi connectivity index (χ1) is 12.9. The van der Waals surface area contributed by atoms with Crippen LogP contribution in [0.2, 0.25) is 0 Å². The number of alkyl halides is 3. The Bertz CT molecular complexity index is 942. The number of hydrogen-bond acceptors (Lipinski definition) is 4. The number of carbonyl (C=O) groups is 1. The maximum Gasteiger partial charge on any atom is 0.573 e. The zero-order valence-electron chi connectivity index (χ0n) is 15.4. The number of halogens is 3. The van der Waals surface area contributed by atoms with E-state index in [1.54, 1.807) is 0 Å². The summed E-state index contributed by atoms with van der Waals surface area (Å²) >= 11 is 0. The molecule has 0 atom stereocenters. The lowest BCUT2D eigenvalue weighted by atomic mass is 10.1. The molecule has 28 heavy (non-hydrogen) atoms. The van der Waals surface area contributed by atoms with Gasteiger partial charge in [-0.15, -0.1) is 13.2 Å². The van der Waals surface area contributed by atoms with Crippen LogP contribution in [0.15, 0.2) is 53.4 Å². The topological polar surface area (TPSA) is 66.9 Å². The number of benzene rings is 2. The Hall–Kier alpha value is -2.59. The van der Waals surface area contributed by atoms with Crippen LogP contribution in [0.4, 0.5) is 13.2 Å². The van der Waals surface area contributed by atoms with E-state index in [-0.39, 0.29) is 28.3 Å². The molecule has 0 unspecified atom stereocenters. The average molecular weight is 416 g/mol. The van der Waals surface area contributed by atoms with Gasteiger partial charge in [0.1, 0.15) is 5.75 Å². The smallest absolute Gasteiger partial charge is 0.405 e. The van der Waals surface area contributed by atoms with Gasteiger partial charge in [0.25, 0.3) is 5.91 Å².